The average Bonchev–Trinajstić information content (AvgIpc) is 2.99. The predicted octanol–water partition coefficient (Wildman–Crippen LogP) is 1.94. The monoisotopic (exact) mass is 218 g/mol. The molecule has 4 atom stereocenters. The number of pyridine rings is 1. The maximum atomic E-state index is 5.93. The van der Waals surface area contributed by atoms with Crippen LogP contribution >= 0.6 is 0 Å². The summed E-state index contributed by atoms with van der Waals surface area (Å²) in [4.78, 5) is 6.56. The summed E-state index contributed by atoms with van der Waals surface area (Å²) < 4.78 is 5.93. The number of aromatic nitrogens is 1. The number of fused-ring (bicyclic) bond motifs is 1. The number of rotatable bonds is 3. The van der Waals surface area contributed by atoms with Gasteiger partial charge in [0.15, 0.2) is 0 Å². The second-order valence-electron chi connectivity index (χ2n) is 5.04. The van der Waals surface area contributed by atoms with E-state index >= 15 is 0 Å². The van der Waals surface area contributed by atoms with Gasteiger partial charge in [-0.05, 0) is 44.9 Å². The summed E-state index contributed by atoms with van der Waals surface area (Å²) in [7, 11) is 2.23. The van der Waals surface area contributed by atoms with E-state index in [2.05, 4.69) is 23.9 Å². The molecule has 0 radical (unpaired) electrons. The first-order chi connectivity index (χ1) is 7.75. The van der Waals surface area contributed by atoms with Gasteiger partial charge in [0.2, 0.25) is 0 Å². The summed E-state index contributed by atoms with van der Waals surface area (Å²) in [6.07, 6.45) is 6.50. The average molecular weight is 218 g/mol. The molecule has 0 bridgehead atoms. The van der Waals surface area contributed by atoms with Crippen molar-refractivity contribution in [1.29, 1.82) is 0 Å². The van der Waals surface area contributed by atoms with Crippen LogP contribution in [-0.4, -0.2) is 35.1 Å². The Morgan fingerprint density at radius 3 is 3.00 bits per heavy atom. The molecular formula is C13H18N2O. The van der Waals surface area contributed by atoms with E-state index in [-0.39, 0.29) is 6.10 Å². The van der Waals surface area contributed by atoms with E-state index in [4.69, 9.17) is 4.74 Å². The molecule has 3 nitrogen and oxygen atoms in total. The van der Waals surface area contributed by atoms with Gasteiger partial charge in [0.05, 0.1) is 6.20 Å². The number of likely N-dealkylation sites (N-methyl/N-ethyl adjacent to an activating group) is 1. The normalized spacial score (nSPS) is 34.5. The van der Waals surface area contributed by atoms with Crippen LogP contribution in [0.5, 0.6) is 5.75 Å². The lowest BCUT2D eigenvalue weighted by molar-refractivity contribution is 0.106. The molecular weight excluding hydrogens is 200 g/mol. The number of hydrogen-bond donors (Lipinski definition) is 0. The molecule has 0 aromatic carbocycles. The fourth-order valence-electron chi connectivity index (χ4n) is 2.94. The van der Waals surface area contributed by atoms with Gasteiger partial charge < -0.3 is 4.74 Å². The van der Waals surface area contributed by atoms with Gasteiger partial charge in [0.1, 0.15) is 11.9 Å². The number of piperidine rings is 1. The largest absolute Gasteiger partial charge is 0.487 e. The lowest BCUT2D eigenvalue weighted by Gasteiger charge is -2.29. The lowest BCUT2D eigenvalue weighted by Crippen LogP contribution is -2.40. The molecule has 16 heavy (non-hydrogen) atoms. The van der Waals surface area contributed by atoms with Crippen LogP contribution in [0.1, 0.15) is 19.8 Å². The molecule has 1 saturated carbocycles. The summed E-state index contributed by atoms with van der Waals surface area (Å²) in [5, 5.41) is 0. The van der Waals surface area contributed by atoms with Crippen LogP contribution in [0.25, 0.3) is 0 Å². The van der Waals surface area contributed by atoms with Gasteiger partial charge in [-0.15, -0.1) is 0 Å². The van der Waals surface area contributed by atoms with E-state index in [1.807, 2.05) is 12.1 Å². The van der Waals surface area contributed by atoms with Crippen LogP contribution in [0.4, 0.5) is 0 Å². The van der Waals surface area contributed by atoms with Crippen molar-refractivity contribution in [2.24, 2.45) is 5.92 Å². The number of nitrogens with zero attached hydrogens (tertiary/aromatic N) is 2. The van der Waals surface area contributed by atoms with Gasteiger partial charge in [-0.3, -0.25) is 9.88 Å². The highest BCUT2D eigenvalue weighted by Crippen LogP contribution is 2.47. The third-order valence-electron chi connectivity index (χ3n) is 3.97. The molecule has 1 aromatic heterocycles. The molecule has 2 aliphatic rings. The molecule has 1 aliphatic heterocycles. The third kappa shape index (κ3) is 1.69. The van der Waals surface area contributed by atoms with E-state index in [1.165, 1.54) is 12.8 Å². The topological polar surface area (TPSA) is 25.4 Å². The first kappa shape index (κ1) is 10.1. The molecule has 0 amide bonds. The van der Waals surface area contributed by atoms with Crippen molar-refractivity contribution in [1.82, 2.24) is 9.88 Å². The molecule has 0 spiro atoms. The summed E-state index contributed by atoms with van der Waals surface area (Å²) in [5.74, 6) is 1.82. The summed E-state index contributed by atoms with van der Waals surface area (Å²) in [6, 6.07) is 5.30. The van der Waals surface area contributed by atoms with E-state index in [0.29, 0.717) is 6.04 Å². The van der Waals surface area contributed by atoms with Gasteiger partial charge >= 0.3 is 0 Å². The zero-order chi connectivity index (χ0) is 11.1. The van der Waals surface area contributed by atoms with Gasteiger partial charge in [-0.2, -0.15) is 0 Å². The van der Waals surface area contributed by atoms with Crippen LogP contribution in [0.3, 0.4) is 0 Å². The maximum absolute atomic E-state index is 5.93. The highest BCUT2D eigenvalue weighted by Gasteiger charge is 2.51. The Hall–Kier alpha value is -1.09. The minimum Gasteiger partial charge on any atom is -0.487 e. The number of ether oxygens (including phenoxy) is 1. The van der Waals surface area contributed by atoms with Crippen molar-refractivity contribution >= 4 is 0 Å². The second-order valence-corrected chi connectivity index (χ2v) is 5.04. The molecule has 2 heterocycles. The fourth-order valence-corrected chi connectivity index (χ4v) is 2.94. The molecule has 1 aromatic rings. The minimum absolute atomic E-state index is 0.252. The van der Waals surface area contributed by atoms with Crippen molar-refractivity contribution in [3.8, 4) is 5.75 Å². The van der Waals surface area contributed by atoms with Crippen molar-refractivity contribution in [3.05, 3.63) is 24.5 Å². The van der Waals surface area contributed by atoms with Crippen molar-refractivity contribution in [2.75, 3.05) is 7.05 Å². The SMILES string of the molecule is CC(Oc1cccnc1)C1CC2CC2N1C. The first-order valence-corrected chi connectivity index (χ1v) is 6.04. The molecule has 4 unspecified atom stereocenters. The van der Waals surface area contributed by atoms with Gasteiger partial charge in [0.25, 0.3) is 0 Å². The summed E-state index contributed by atoms with van der Waals surface area (Å²) >= 11 is 0. The van der Waals surface area contributed by atoms with Gasteiger partial charge in [0, 0.05) is 18.3 Å². The number of hydrogen-bond acceptors (Lipinski definition) is 3. The predicted molar refractivity (Wildman–Crippen MR) is 62.4 cm³/mol. The van der Waals surface area contributed by atoms with Crippen molar-refractivity contribution in [3.63, 3.8) is 0 Å². The Morgan fingerprint density at radius 2 is 2.38 bits per heavy atom. The lowest BCUT2D eigenvalue weighted by atomic mass is 10.1. The highest BCUT2D eigenvalue weighted by atomic mass is 16.5. The van der Waals surface area contributed by atoms with Crippen LogP contribution in [0, 0.1) is 5.92 Å². The Kier molecular flexibility index (Phi) is 2.36. The maximum Gasteiger partial charge on any atom is 0.138 e. The summed E-state index contributed by atoms with van der Waals surface area (Å²) in [6.45, 7) is 2.17. The Labute approximate surface area is 96.4 Å². The molecule has 0 N–H and O–H groups in total. The Balaban J connectivity index is 1.63. The van der Waals surface area contributed by atoms with Gasteiger partial charge in [-0.25, -0.2) is 0 Å². The van der Waals surface area contributed by atoms with E-state index in [0.717, 1.165) is 17.7 Å². The van der Waals surface area contributed by atoms with Crippen molar-refractivity contribution < 1.29 is 4.74 Å². The van der Waals surface area contributed by atoms with Crippen LogP contribution in [-0.2, 0) is 0 Å². The zero-order valence-corrected chi connectivity index (χ0v) is 9.84. The molecule has 2 fully saturated rings. The smallest absolute Gasteiger partial charge is 0.138 e. The highest BCUT2D eigenvalue weighted by molar-refractivity contribution is 5.16. The van der Waals surface area contributed by atoms with Crippen molar-refractivity contribution in [2.45, 2.75) is 38.0 Å². The van der Waals surface area contributed by atoms with E-state index in [9.17, 15) is 0 Å². The molecule has 86 valence electrons. The van der Waals surface area contributed by atoms with Crippen LogP contribution in [0.2, 0.25) is 0 Å². The zero-order valence-electron chi connectivity index (χ0n) is 9.84. The standard InChI is InChI=1S/C13H18N2O/c1-9(16-11-4-3-5-14-8-11)12-6-10-7-13(10)15(12)2/h3-5,8-10,12-13H,6-7H2,1-2H3. The van der Waals surface area contributed by atoms with E-state index in [1.54, 1.807) is 12.4 Å². The molecule has 3 rings (SSSR count). The number of likely N-dealkylation sites (tertiary alicyclic amines) is 1. The molecule has 3 heteroatoms. The quantitative estimate of drug-likeness (QED) is 0.775. The molecule has 1 aliphatic carbocycles. The molecule has 1 saturated heterocycles. The van der Waals surface area contributed by atoms with Crippen LogP contribution in [0.15, 0.2) is 24.5 Å². The Bertz CT molecular complexity index is 367. The van der Waals surface area contributed by atoms with Crippen LogP contribution < -0.4 is 4.74 Å². The minimum atomic E-state index is 0.252. The second kappa shape index (κ2) is 3.74. The van der Waals surface area contributed by atoms with Gasteiger partial charge in [-0.1, -0.05) is 0 Å². The Morgan fingerprint density at radius 1 is 1.50 bits per heavy atom. The fraction of sp³-hybridized carbons (Fsp3) is 0.615. The van der Waals surface area contributed by atoms with E-state index < -0.39 is 0 Å². The first-order valence-electron chi connectivity index (χ1n) is 6.04. The third-order valence-corrected chi connectivity index (χ3v) is 3.97. The summed E-state index contributed by atoms with van der Waals surface area (Å²) in [5.41, 5.74) is 0.